The zero-order valence-corrected chi connectivity index (χ0v) is 14.1. The molecule has 2 unspecified atom stereocenters. The van der Waals surface area contributed by atoms with E-state index in [1.807, 2.05) is 4.57 Å². The molecular formula is C15H19N5O3S. The third kappa shape index (κ3) is 3.58. The molecule has 3 heterocycles. The van der Waals surface area contributed by atoms with Crippen molar-refractivity contribution in [2.75, 3.05) is 23.9 Å². The van der Waals surface area contributed by atoms with Crippen molar-refractivity contribution in [3.63, 3.8) is 0 Å². The van der Waals surface area contributed by atoms with E-state index >= 15 is 0 Å². The third-order valence-electron chi connectivity index (χ3n) is 3.72. The number of fused-ring (bicyclic) bond motifs is 1. The summed E-state index contributed by atoms with van der Waals surface area (Å²) in [7, 11) is 0. The van der Waals surface area contributed by atoms with Gasteiger partial charge in [-0.25, -0.2) is 15.0 Å². The molecule has 2 aromatic rings. The van der Waals surface area contributed by atoms with E-state index in [0.29, 0.717) is 17.0 Å². The zero-order chi connectivity index (χ0) is 16.9. The predicted octanol–water partition coefficient (Wildman–Crippen LogP) is 1.35. The number of hydrogen-bond acceptors (Lipinski definition) is 7. The van der Waals surface area contributed by atoms with Crippen LogP contribution in [0.3, 0.4) is 0 Å². The number of hydrogen-bond donors (Lipinski definition) is 2. The van der Waals surface area contributed by atoms with Crippen LogP contribution in [0.1, 0.15) is 19.1 Å². The minimum atomic E-state index is -0.379. The van der Waals surface area contributed by atoms with Gasteiger partial charge in [0.2, 0.25) is 5.91 Å². The molecule has 1 saturated heterocycles. The summed E-state index contributed by atoms with van der Waals surface area (Å²) >= 11 is 1.77. The van der Waals surface area contributed by atoms with Gasteiger partial charge in [0.25, 0.3) is 0 Å². The second-order valence-electron chi connectivity index (χ2n) is 5.37. The molecule has 2 aromatic heterocycles. The molecule has 1 amide bonds. The summed E-state index contributed by atoms with van der Waals surface area (Å²) in [5.41, 5.74) is 1.14. The van der Waals surface area contributed by atoms with Crippen molar-refractivity contribution < 1.29 is 14.6 Å². The molecule has 0 spiro atoms. The molecule has 9 heteroatoms. The molecule has 1 fully saturated rings. The molecule has 128 valence electrons. The van der Waals surface area contributed by atoms with Crippen molar-refractivity contribution in [3.05, 3.63) is 24.8 Å². The van der Waals surface area contributed by atoms with Crippen LogP contribution in [0.15, 0.2) is 24.8 Å². The molecule has 1 aliphatic heterocycles. The minimum Gasteiger partial charge on any atom is -0.392 e. The Kier molecular flexibility index (Phi) is 5.44. The van der Waals surface area contributed by atoms with Crippen LogP contribution in [-0.2, 0) is 9.53 Å². The quantitative estimate of drug-likeness (QED) is 0.759. The van der Waals surface area contributed by atoms with E-state index in [9.17, 15) is 4.79 Å². The summed E-state index contributed by atoms with van der Waals surface area (Å²) in [5.74, 6) is 0.928. The second-order valence-corrected chi connectivity index (χ2v) is 6.28. The summed E-state index contributed by atoms with van der Waals surface area (Å²) < 4.78 is 7.93. The Labute approximate surface area is 143 Å². The first-order valence-electron chi connectivity index (χ1n) is 7.63. The predicted molar refractivity (Wildman–Crippen MR) is 91.7 cm³/mol. The van der Waals surface area contributed by atoms with Crippen molar-refractivity contribution in [2.24, 2.45) is 0 Å². The van der Waals surface area contributed by atoms with Gasteiger partial charge < -0.3 is 15.2 Å². The van der Waals surface area contributed by atoms with E-state index in [1.165, 1.54) is 18.5 Å². The molecule has 0 bridgehead atoms. The van der Waals surface area contributed by atoms with Crippen LogP contribution in [0.4, 0.5) is 5.82 Å². The Morgan fingerprint density at radius 3 is 3.17 bits per heavy atom. The van der Waals surface area contributed by atoms with Crippen LogP contribution in [0.5, 0.6) is 0 Å². The molecule has 0 aliphatic carbocycles. The maximum absolute atomic E-state index is 11.8. The second kappa shape index (κ2) is 7.73. The summed E-state index contributed by atoms with van der Waals surface area (Å²) in [6, 6.07) is 0. The molecule has 3 rings (SSSR count). The molecule has 8 nitrogen and oxygen atoms in total. The maximum Gasteiger partial charge on any atom is 0.249 e. The Bertz CT molecular complexity index is 748. The number of carbonyl (C=O) groups excluding carboxylic acids is 1. The fraction of sp³-hybridized carbons (Fsp3) is 0.467. The van der Waals surface area contributed by atoms with Gasteiger partial charge in [-0.1, -0.05) is 6.08 Å². The molecule has 2 atom stereocenters. The number of nitrogens with zero attached hydrogens (tertiary/aromatic N) is 4. The fourth-order valence-corrected chi connectivity index (χ4v) is 3.29. The lowest BCUT2D eigenvalue weighted by Crippen LogP contribution is -2.13. The summed E-state index contributed by atoms with van der Waals surface area (Å²) in [6.07, 6.45) is 9.78. The van der Waals surface area contributed by atoms with E-state index in [2.05, 4.69) is 26.5 Å². The van der Waals surface area contributed by atoms with Crippen LogP contribution in [0.2, 0.25) is 0 Å². The molecule has 24 heavy (non-hydrogen) atoms. The lowest BCUT2D eigenvalue weighted by atomic mass is 10.2. The third-order valence-corrected chi connectivity index (χ3v) is 4.43. The maximum atomic E-state index is 11.8. The van der Waals surface area contributed by atoms with Gasteiger partial charge in [0.1, 0.15) is 12.6 Å². The van der Waals surface area contributed by atoms with Gasteiger partial charge in [-0.2, -0.15) is 11.8 Å². The van der Waals surface area contributed by atoms with Crippen molar-refractivity contribution in [2.45, 2.75) is 25.2 Å². The first-order chi connectivity index (χ1) is 11.7. The topological polar surface area (TPSA) is 102 Å². The molecule has 2 N–H and O–H groups in total. The van der Waals surface area contributed by atoms with Crippen LogP contribution >= 0.6 is 11.8 Å². The normalized spacial score (nSPS) is 20.9. The van der Waals surface area contributed by atoms with Crippen LogP contribution in [-0.4, -0.2) is 55.3 Å². The number of rotatable bonds is 6. The SMILES string of the molecule is CSCC1CCC(n2cnc3c(NC(=O)/C=C/CO)ncnc32)O1. The zero-order valence-electron chi connectivity index (χ0n) is 13.3. The Morgan fingerprint density at radius 1 is 1.50 bits per heavy atom. The molecule has 0 saturated carbocycles. The van der Waals surface area contributed by atoms with Gasteiger partial charge >= 0.3 is 0 Å². The number of thioether (sulfide) groups is 1. The number of nitrogens with one attached hydrogen (secondary N) is 1. The van der Waals surface area contributed by atoms with Crippen LogP contribution in [0, 0.1) is 0 Å². The average molecular weight is 349 g/mol. The van der Waals surface area contributed by atoms with Crippen LogP contribution in [0.25, 0.3) is 11.2 Å². The van der Waals surface area contributed by atoms with Crippen molar-refractivity contribution >= 4 is 34.7 Å². The number of aromatic nitrogens is 4. The van der Waals surface area contributed by atoms with Gasteiger partial charge in [0.15, 0.2) is 17.0 Å². The highest BCUT2D eigenvalue weighted by atomic mass is 32.2. The van der Waals surface area contributed by atoms with Crippen molar-refractivity contribution in [3.8, 4) is 0 Å². The van der Waals surface area contributed by atoms with E-state index in [1.54, 1.807) is 18.1 Å². The fourth-order valence-electron chi connectivity index (χ4n) is 2.67. The number of aliphatic hydroxyl groups excluding tert-OH is 1. The summed E-state index contributed by atoms with van der Waals surface area (Å²) in [4.78, 5) is 24.5. The summed E-state index contributed by atoms with van der Waals surface area (Å²) in [5, 5.41) is 11.4. The van der Waals surface area contributed by atoms with Crippen LogP contribution < -0.4 is 5.32 Å². The van der Waals surface area contributed by atoms with E-state index < -0.39 is 0 Å². The van der Waals surface area contributed by atoms with Gasteiger partial charge in [-0.05, 0) is 19.1 Å². The number of imidazole rings is 1. The average Bonchev–Trinajstić information content (AvgIpc) is 3.20. The Hall–Kier alpha value is -1.97. The number of carbonyl (C=O) groups is 1. The number of amides is 1. The largest absolute Gasteiger partial charge is 0.392 e. The lowest BCUT2D eigenvalue weighted by molar-refractivity contribution is -0.111. The van der Waals surface area contributed by atoms with E-state index in [4.69, 9.17) is 9.84 Å². The first kappa shape index (κ1) is 16.9. The monoisotopic (exact) mass is 349 g/mol. The van der Waals surface area contributed by atoms with Gasteiger partial charge in [-0.15, -0.1) is 0 Å². The highest BCUT2D eigenvalue weighted by Crippen LogP contribution is 2.32. The van der Waals surface area contributed by atoms with Crippen molar-refractivity contribution in [1.29, 1.82) is 0 Å². The standard InChI is InChI=1S/C15H19N5O3S/c1-24-7-10-4-5-12(23-10)20-9-18-13-14(16-8-17-15(13)20)19-11(22)3-2-6-21/h2-3,8-10,12,21H,4-7H2,1H3,(H,16,17,19,22)/b3-2+. The molecular weight excluding hydrogens is 330 g/mol. The van der Waals surface area contributed by atoms with E-state index in [-0.39, 0.29) is 24.8 Å². The molecule has 0 radical (unpaired) electrons. The first-order valence-corrected chi connectivity index (χ1v) is 9.02. The molecule has 0 aromatic carbocycles. The van der Waals surface area contributed by atoms with Gasteiger partial charge in [-0.3, -0.25) is 9.36 Å². The van der Waals surface area contributed by atoms with E-state index in [0.717, 1.165) is 18.6 Å². The highest BCUT2D eigenvalue weighted by molar-refractivity contribution is 7.98. The summed E-state index contributed by atoms with van der Waals surface area (Å²) in [6.45, 7) is -0.197. The number of ether oxygens (including phenoxy) is 1. The lowest BCUT2D eigenvalue weighted by Gasteiger charge is -2.14. The molecule has 1 aliphatic rings. The van der Waals surface area contributed by atoms with Gasteiger partial charge in [0, 0.05) is 11.8 Å². The number of anilines is 1. The van der Waals surface area contributed by atoms with Gasteiger partial charge in [0.05, 0.1) is 19.0 Å². The Morgan fingerprint density at radius 2 is 2.38 bits per heavy atom. The smallest absolute Gasteiger partial charge is 0.249 e. The highest BCUT2D eigenvalue weighted by Gasteiger charge is 2.28. The number of aliphatic hydroxyl groups is 1. The van der Waals surface area contributed by atoms with Crippen molar-refractivity contribution in [1.82, 2.24) is 19.5 Å². The minimum absolute atomic E-state index is 0.0973. The Balaban J connectivity index is 1.82.